The van der Waals surface area contributed by atoms with E-state index in [2.05, 4.69) is 46.2 Å². The zero-order valence-corrected chi connectivity index (χ0v) is 11.2. The molecular formula is C14H15N3S. The summed E-state index contributed by atoms with van der Waals surface area (Å²) in [6, 6.07) is 14.5. The minimum atomic E-state index is 0.509. The van der Waals surface area contributed by atoms with Crippen molar-refractivity contribution in [2.75, 3.05) is 7.05 Å². The van der Waals surface area contributed by atoms with Crippen LogP contribution in [0.25, 0.3) is 10.8 Å². The Bertz CT molecular complexity index is 605. The van der Waals surface area contributed by atoms with Crippen molar-refractivity contribution in [3.8, 4) is 0 Å². The standard InChI is InChI=1S/C14H15N3S/c1-10(16-17-14(18)15-2)12-8-7-11-5-3-4-6-13(11)9-12/h3-9H,1-2H3,(H2,15,17,18)/b16-10+. The van der Waals surface area contributed by atoms with Crippen LogP contribution in [0.2, 0.25) is 0 Å². The van der Waals surface area contributed by atoms with Gasteiger partial charge in [-0.05, 0) is 41.5 Å². The molecule has 0 bridgehead atoms. The van der Waals surface area contributed by atoms with E-state index in [0.717, 1.165) is 11.3 Å². The largest absolute Gasteiger partial charge is 0.364 e. The highest BCUT2D eigenvalue weighted by Crippen LogP contribution is 2.15. The van der Waals surface area contributed by atoms with Gasteiger partial charge >= 0.3 is 0 Å². The van der Waals surface area contributed by atoms with Crippen LogP contribution >= 0.6 is 12.2 Å². The van der Waals surface area contributed by atoms with Gasteiger partial charge in [-0.3, -0.25) is 5.43 Å². The second-order valence-corrected chi connectivity index (χ2v) is 4.36. The number of hydrogen-bond acceptors (Lipinski definition) is 2. The molecule has 0 atom stereocenters. The van der Waals surface area contributed by atoms with Crippen molar-refractivity contribution in [3.63, 3.8) is 0 Å². The molecule has 0 heterocycles. The molecule has 0 aromatic heterocycles. The van der Waals surface area contributed by atoms with E-state index >= 15 is 0 Å². The maximum Gasteiger partial charge on any atom is 0.186 e. The maximum atomic E-state index is 4.97. The first-order valence-electron chi connectivity index (χ1n) is 5.72. The highest BCUT2D eigenvalue weighted by atomic mass is 32.1. The molecule has 0 unspecified atom stereocenters. The molecule has 0 amide bonds. The van der Waals surface area contributed by atoms with Gasteiger partial charge in [0.1, 0.15) is 0 Å². The minimum Gasteiger partial charge on any atom is -0.364 e. The third-order valence-electron chi connectivity index (χ3n) is 2.72. The van der Waals surface area contributed by atoms with Gasteiger partial charge in [0.2, 0.25) is 0 Å². The highest BCUT2D eigenvalue weighted by molar-refractivity contribution is 7.80. The van der Waals surface area contributed by atoms with Crippen LogP contribution in [0.15, 0.2) is 47.6 Å². The Balaban J connectivity index is 2.27. The summed E-state index contributed by atoms with van der Waals surface area (Å²) in [5.41, 5.74) is 4.77. The fourth-order valence-electron chi connectivity index (χ4n) is 1.67. The summed E-state index contributed by atoms with van der Waals surface area (Å²) >= 11 is 4.97. The van der Waals surface area contributed by atoms with Gasteiger partial charge in [0, 0.05) is 7.05 Å². The third-order valence-corrected chi connectivity index (χ3v) is 3.01. The molecule has 0 aliphatic heterocycles. The molecule has 0 saturated heterocycles. The lowest BCUT2D eigenvalue weighted by molar-refractivity contribution is 0.974. The Morgan fingerprint density at radius 1 is 1.11 bits per heavy atom. The van der Waals surface area contributed by atoms with Gasteiger partial charge in [0.05, 0.1) is 5.71 Å². The summed E-state index contributed by atoms with van der Waals surface area (Å²) in [6.45, 7) is 1.95. The first-order chi connectivity index (χ1) is 8.70. The fourth-order valence-corrected chi connectivity index (χ4v) is 1.72. The SMILES string of the molecule is CNC(=S)N/N=C(\C)c1ccc2ccccc2c1. The average Bonchev–Trinajstić information content (AvgIpc) is 2.43. The van der Waals surface area contributed by atoms with Gasteiger partial charge in [0.25, 0.3) is 0 Å². The van der Waals surface area contributed by atoms with Crippen molar-refractivity contribution in [2.24, 2.45) is 5.10 Å². The molecule has 0 saturated carbocycles. The molecule has 0 fully saturated rings. The van der Waals surface area contributed by atoms with Crippen molar-refractivity contribution < 1.29 is 0 Å². The molecule has 18 heavy (non-hydrogen) atoms. The molecule has 4 heteroatoms. The number of thiocarbonyl (C=S) groups is 1. The van der Waals surface area contributed by atoms with E-state index in [0.29, 0.717) is 5.11 Å². The lowest BCUT2D eigenvalue weighted by Gasteiger charge is -2.05. The molecule has 2 aromatic carbocycles. The van der Waals surface area contributed by atoms with Crippen molar-refractivity contribution in [1.82, 2.24) is 10.7 Å². The summed E-state index contributed by atoms with van der Waals surface area (Å²) in [5.74, 6) is 0. The van der Waals surface area contributed by atoms with Crippen LogP contribution in [0.4, 0.5) is 0 Å². The summed E-state index contributed by atoms with van der Waals surface area (Å²) < 4.78 is 0. The average molecular weight is 257 g/mol. The van der Waals surface area contributed by atoms with Crippen molar-refractivity contribution >= 4 is 33.8 Å². The van der Waals surface area contributed by atoms with Crippen LogP contribution in [-0.4, -0.2) is 17.9 Å². The van der Waals surface area contributed by atoms with Crippen LogP contribution in [0.1, 0.15) is 12.5 Å². The molecule has 0 aliphatic rings. The van der Waals surface area contributed by atoms with E-state index in [9.17, 15) is 0 Å². The number of benzene rings is 2. The van der Waals surface area contributed by atoms with E-state index in [-0.39, 0.29) is 0 Å². The smallest absolute Gasteiger partial charge is 0.186 e. The Kier molecular flexibility index (Phi) is 3.89. The number of nitrogens with one attached hydrogen (secondary N) is 2. The number of hydrazone groups is 1. The number of fused-ring (bicyclic) bond motifs is 1. The quantitative estimate of drug-likeness (QED) is 0.493. The first-order valence-corrected chi connectivity index (χ1v) is 6.12. The normalized spacial score (nSPS) is 11.3. The molecule has 3 nitrogen and oxygen atoms in total. The Morgan fingerprint density at radius 2 is 1.83 bits per heavy atom. The van der Waals surface area contributed by atoms with Gasteiger partial charge in [-0.25, -0.2) is 0 Å². The van der Waals surface area contributed by atoms with Crippen LogP contribution in [0, 0.1) is 0 Å². The van der Waals surface area contributed by atoms with E-state index in [1.807, 2.05) is 19.1 Å². The molecule has 0 spiro atoms. The van der Waals surface area contributed by atoms with Crippen LogP contribution in [0.5, 0.6) is 0 Å². The van der Waals surface area contributed by atoms with Gasteiger partial charge < -0.3 is 5.32 Å². The maximum absolute atomic E-state index is 4.97. The predicted octanol–water partition coefficient (Wildman–Crippen LogP) is 2.66. The second-order valence-electron chi connectivity index (χ2n) is 3.95. The number of nitrogens with zero attached hydrogens (tertiary/aromatic N) is 1. The minimum absolute atomic E-state index is 0.509. The topological polar surface area (TPSA) is 36.4 Å². The van der Waals surface area contributed by atoms with E-state index in [1.165, 1.54) is 10.8 Å². The van der Waals surface area contributed by atoms with Gasteiger partial charge in [-0.1, -0.05) is 36.4 Å². The van der Waals surface area contributed by atoms with Crippen LogP contribution < -0.4 is 10.7 Å². The molecular weight excluding hydrogens is 242 g/mol. The Hall–Kier alpha value is -1.94. The third kappa shape index (κ3) is 2.84. The summed E-state index contributed by atoms with van der Waals surface area (Å²) in [6.07, 6.45) is 0. The van der Waals surface area contributed by atoms with Gasteiger partial charge in [-0.15, -0.1) is 0 Å². The van der Waals surface area contributed by atoms with Gasteiger partial charge in [0.15, 0.2) is 5.11 Å². The molecule has 92 valence electrons. The lowest BCUT2D eigenvalue weighted by Crippen LogP contribution is -2.29. The molecule has 2 rings (SSSR count). The molecule has 0 aliphatic carbocycles. The number of rotatable bonds is 2. The van der Waals surface area contributed by atoms with E-state index < -0.39 is 0 Å². The second kappa shape index (κ2) is 5.60. The van der Waals surface area contributed by atoms with Gasteiger partial charge in [-0.2, -0.15) is 5.10 Å². The Morgan fingerprint density at radius 3 is 2.56 bits per heavy atom. The van der Waals surface area contributed by atoms with Crippen molar-refractivity contribution in [2.45, 2.75) is 6.92 Å². The number of hydrogen-bond donors (Lipinski definition) is 2. The highest BCUT2D eigenvalue weighted by Gasteiger charge is 1.99. The Labute approximate surface area is 112 Å². The first kappa shape index (κ1) is 12.5. The van der Waals surface area contributed by atoms with E-state index in [4.69, 9.17) is 12.2 Å². The van der Waals surface area contributed by atoms with Crippen LogP contribution in [0.3, 0.4) is 0 Å². The molecule has 2 aromatic rings. The van der Waals surface area contributed by atoms with Crippen LogP contribution in [-0.2, 0) is 0 Å². The zero-order valence-electron chi connectivity index (χ0n) is 10.4. The zero-order chi connectivity index (χ0) is 13.0. The van der Waals surface area contributed by atoms with Crippen molar-refractivity contribution in [1.29, 1.82) is 0 Å². The fraction of sp³-hybridized carbons (Fsp3) is 0.143. The molecule has 0 radical (unpaired) electrons. The monoisotopic (exact) mass is 257 g/mol. The summed E-state index contributed by atoms with van der Waals surface area (Å²) in [4.78, 5) is 0. The summed E-state index contributed by atoms with van der Waals surface area (Å²) in [5, 5.41) is 10.00. The summed E-state index contributed by atoms with van der Waals surface area (Å²) in [7, 11) is 1.76. The van der Waals surface area contributed by atoms with Crippen molar-refractivity contribution in [3.05, 3.63) is 48.0 Å². The molecule has 2 N–H and O–H groups in total. The predicted molar refractivity (Wildman–Crippen MR) is 81.0 cm³/mol. The van der Waals surface area contributed by atoms with E-state index in [1.54, 1.807) is 7.05 Å². The lowest BCUT2D eigenvalue weighted by atomic mass is 10.0.